The van der Waals surface area contributed by atoms with Crippen LogP contribution in [0.4, 0.5) is 5.69 Å². The Morgan fingerprint density at radius 2 is 1.90 bits per heavy atom. The van der Waals surface area contributed by atoms with Crippen LogP contribution in [0.5, 0.6) is 0 Å². The summed E-state index contributed by atoms with van der Waals surface area (Å²) in [6.45, 7) is 11.1. The topological polar surface area (TPSA) is 52.9 Å². The van der Waals surface area contributed by atoms with Gasteiger partial charge in [-0.2, -0.15) is 0 Å². The SMILES string of the molecule is CCCn1c(C(C)C)c(N)c(=O)n1-c1cc(C)ccc1C. The Bertz CT molecular complexity index is 708. The first kappa shape index (κ1) is 15.4. The molecular formula is C17H25N3O. The van der Waals surface area contributed by atoms with Crippen molar-refractivity contribution in [2.24, 2.45) is 0 Å². The third kappa shape index (κ3) is 2.62. The molecule has 0 aliphatic heterocycles. The molecule has 0 saturated carbocycles. The van der Waals surface area contributed by atoms with Gasteiger partial charge < -0.3 is 5.73 Å². The number of nitrogens with two attached hydrogens (primary N) is 1. The third-order valence-electron chi connectivity index (χ3n) is 3.79. The Morgan fingerprint density at radius 3 is 2.48 bits per heavy atom. The molecule has 0 amide bonds. The van der Waals surface area contributed by atoms with Crippen molar-refractivity contribution in [3.63, 3.8) is 0 Å². The minimum absolute atomic E-state index is 0.110. The second-order valence-corrected chi connectivity index (χ2v) is 5.98. The average Bonchev–Trinajstić information content (AvgIpc) is 2.65. The molecule has 0 radical (unpaired) electrons. The van der Waals surface area contributed by atoms with E-state index in [1.54, 1.807) is 4.68 Å². The summed E-state index contributed by atoms with van der Waals surface area (Å²) in [5.74, 6) is 0.218. The van der Waals surface area contributed by atoms with E-state index >= 15 is 0 Å². The monoisotopic (exact) mass is 287 g/mol. The van der Waals surface area contributed by atoms with Gasteiger partial charge >= 0.3 is 0 Å². The maximum Gasteiger partial charge on any atom is 0.294 e. The number of rotatable bonds is 4. The van der Waals surface area contributed by atoms with Crippen LogP contribution in [0.2, 0.25) is 0 Å². The fourth-order valence-corrected chi connectivity index (χ4v) is 2.81. The van der Waals surface area contributed by atoms with Gasteiger partial charge in [0.1, 0.15) is 5.69 Å². The first-order valence-electron chi connectivity index (χ1n) is 7.57. The zero-order chi connectivity index (χ0) is 15.7. The average molecular weight is 287 g/mol. The molecule has 0 aliphatic rings. The fraction of sp³-hybridized carbons (Fsp3) is 0.471. The van der Waals surface area contributed by atoms with E-state index in [2.05, 4.69) is 26.8 Å². The van der Waals surface area contributed by atoms with Crippen LogP contribution in [-0.2, 0) is 6.54 Å². The molecule has 4 nitrogen and oxygen atoms in total. The van der Waals surface area contributed by atoms with Crippen molar-refractivity contribution in [1.82, 2.24) is 9.36 Å². The van der Waals surface area contributed by atoms with E-state index in [0.717, 1.165) is 35.5 Å². The van der Waals surface area contributed by atoms with Crippen molar-refractivity contribution < 1.29 is 0 Å². The number of benzene rings is 1. The summed E-state index contributed by atoms with van der Waals surface area (Å²) < 4.78 is 3.79. The maximum atomic E-state index is 12.7. The van der Waals surface area contributed by atoms with Crippen LogP contribution < -0.4 is 11.3 Å². The van der Waals surface area contributed by atoms with Crippen molar-refractivity contribution in [2.45, 2.75) is 53.5 Å². The highest BCUT2D eigenvalue weighted by Crippen LogP contribution is 2.24. The van der Waals surface area contributed by atoms with Gasteiger partial charge in [-0.05, 0) is 43.4 Å². The van der Waals surface area contributed by atoms with E-state index < -0.39 is 0 Å². The molecule has 1 aromatic carbocycles. The van der Waals surface area contributed by atoms with Gasteiger partial charge in [-0.1, -0.05) is 32.9 Å². The predicted molar refractivity (Wildman–Crippen MR) is 88.3 cm³/mol. The molecule has 1 heterocycles. The summed E-state index contributed by atoms with van der Waals surface area (Å²) >= 11 is 0. The Balaban J connectivity index is 2.82. The molecule has 21 heavy (non-hydrogen) atoms. The molecule has 114 valence electrons. The molecule has 0 atom stereocenters. The second kappa shape index (κ2) is 5.80. The number of aryl methyl sites for hydroxylation is 2. The van der Waals surface area contributed by atoms with Crippen LogP contribution in [-0.4, -0.2) is 9.36 Å². The summed E-state index contributed by atoms with van der Waals surface area (Å²) in [5, 5.41) is 0. The summed E-state index contributed by atoms with van der Waals surface area (Å²) in [4.78, 5) is 12.7. The Labute approximate surface area is 126 Å². The largest absolute Gasteiger partial charge is 0.393 e. The molecule has 0 spiro atoms. The van der Waals surface area contributed by atoms with E-state index in [-0.39, 0.29) is 11.5 Å². The number of nitrogens with zero attached hydrogens (tertiary/aromatic N) is 2. The predicted octanol–water partition coefficient (Wildman–Crippen LogP) is 3.37. The van der Waals surface area contributed by atoms with Crippen LogP contribution in [0.25, 0.3) is 5.69 Å². The summed E-state index contributed by atoms with van der Waals surface area (Å²) in [7, 11) is 0. The van der Waals surface area contributed by atoms with Crippen molar-refractivity contribution in [3.05, 3.63) is 45.4 Å². The smallest absolute Gasteiger partial charge is 0.294 e. The molecule has 4 heteroatoms. The minimum Gasteiger partial charge on any atom is -0.393 e. The van der Waals surface area contributed by atoms with Gasteiger partial charge in [0, 0.05) is 6.54 Å². The number of hydrogen-bond acceptors (Lipinski definition) is 2. The van der Waals surface area contributed by atoms with Crippen LogP contribution >= 0.6 is 0 Å². The van der Waals surface area contributed by atoms with Crippen LogP contribution in [0, 0.1) is 13.8 Å². The van der Waals surface area contributed by atoms with Crippen LogP contribution in [0.3, 0.4) is 0 Å². The standard InChI is InChI=1S/C17H25N3O/c1-6-9-19-16(11(2)3)15(18)17(21)20(19)14-10-12(4)7-8-13(14)5/h7-8,10-11H,6,9,18H2,1-5H3. The Morgan fingerprint density at radius 1 is 1.24 bits per heavy atom. The normalized spacial score (nSPS) is 11.3. The molecular weight excluding hydrogens is 262 g/mol. The quantitative estimate of drug-likeness (QED) is 0.937. The van der Waals surface area contributed by atoms with Gasteiger partial charge in [0.15, 0.2) is 0 Å². The number of nitrogen functional groups attached to an aromatic ring is 1. The lowest BCUT2D eigenvalue weighted by molar-refractivity contribution is 0.502. The van der Waals surface area contributed by atoms with E-state index in [9.17, 15) is 4.79 Å². The zero-order valence-electron chi connectivity index (χ0n) is 13.6. The van der Waals surface area contributed by atoms with Gasteiger partial charge in [0.2, 0.25) is 0 Å². The number of hydrogen-bond donors (Lipinski definition) is 1. The molecule has 2 N–H and O–H groups in total. The van der Waals surface area contributed by atoms with Gasteiger partial charge in [0.25, 0.3) is 5.56 Å². The highest BCUT2D eigenvalue weighted by atomic mass is 16.1. The molecule has 0 aliphatic carbocycles. The molecule has 2 rings (SSSR count). The zero-order valence-corrected chi connectivity index (χ0v) is 13.6. The minimum atomic E-state index is -0.110. The van der Waals surface area contributed by atoms with Gasteiger partial charge in [-0.15, -0.1) is 0 Å². The molecule has 0 saturated heterocycles. The van der Waals surface area contributed by atoms with Crippen molar-refractivity contribution in [3.8, 4) is 5.69 Å². The highest BCUT2D eigenvalue weighted by molar-refractivity contribution is 5.50. The highest BCUT2D eigenvalue weighted by Gasteiger charge is 2.21. The Hall–Kier alpha value is -1.97. The summed E-state index contributed by atoms with van der Waals surface area (Å²) in [6.07, 6.45) is 0.956. The lowest BCUT2D eigenvalue weighted by Gasteiger charge is -2.17. The number of anilines is 1. The maximum absolute atomic E-state index is 12.7. The van der Waals surface area contributed by atoms with E-state index in [1.165, 1.54) is 0 Å². The van der Waals surface area contributed by atoms with Crippen molar-refractivity contribution in [1.29, 1.82) is 0 Å². The van der Waals surface area contributed by atoms with Crippen LogP contribution in [0.1, 0.15) is 49.9 Å². The summed E-state index contributed by atoms with van der Waals surface area (Å²) in [5.41, 5.74) is 10.4. The molecule has 1 aromatic heterocycles. The van der Waals surface area contributed by atoms with Gasteiger partial charge in [0.05, 0.1) is 11.4 Å². The third-order valence-corrected chi connectivity index (χ3v) is 3.79. The molecule has 0 unspecified atom stereocenters. The van der Waals surface area contributed by atoms with Gasteiger partial charge in [-0.25, -0.2) is 4.68 Å². The second-order valence-electron chi connectivity index (χ2n) is 5.98. The lowest BCUT2D eigenvalue weighted by atomic mass is 10.1. The van der Waals surface area contributed by atoms with E-state index in [4.69, 9.17) is 5.73 Å². The first-order chi connectivity index (χ1) is 9.88. The fourth-order valence-electron chi connectivity index (χ4n) is 2.81. The van der Waals surface area contributed by atoms with Crippen molar-refractivity contribution in [2.75, 3.05) is 5.73 Å². The molecule has 0 fully saturated rings. The van der Waals surface area contributed by atoms with Gasteiger partial charge in [-0.3, -0.25) is 9.48 Å². The first-order valence-corrected chi connectivity index (χ1v) is 7.57. The Kier molecular flexibility index (Phi) is 4.26. The van der Waals surface area contributed by atoms with Crippen molar-refractivity contribution >= 4 is 5.69 Å². The summed E-state index contributed by atoms with van der Waals surface area (Å²) in [6, 6.07) is 6.15. The van der Waals surface area contributed by atoms with E-state index in [1.807, 2.05) is 30.7 Å². The molecule has 0 bridgehead atoms. The number of aromatic nitrogens is 2. The van der Waals surface area contributed by atoms with E-state index in [0.29, 0.717) is 5.69 Å². The lowest BCUT2D eigenvalue weighted by Crippen LogP contribution is -2.23. The van der Waals surface area contributed by atoms with Crippen LogP contribution in [0.15, 0.2) is 23.0 Å². The molecule has 2 aromatic rings.